The number of hydrogen-bond donors (Lipinski definition) is 1. The van der Waals surface area contributed by atoms with Gasteiger partial charge in [-0.15, -0.1) is 12.4 Å². The largest absolute Gasteiger partial charge is 0.329 e. The highest BCUT2D eigenvalue weighted by Crippen LogP contribution is 2.25. The molecule has 1 aliphatic heterocycles. The molecule has 3 rings (SSSR count). The molecule has 1 fully saturated rings. The molecule has 4 nitrogen and oxygen atoms in total. The first-order chi connectivity index (χ1) is 11.1. The summed E-state index contributed by atoms with van der Waals surface area (Å²) in [7, 11) is 0. The number of piperazine rings is 1. The Bertz CT molecular complexity index is 727. The molecule has 1 aromatic carbocycles. The van der Waals surface area contributed by atoms with Gasteiger partial charge in [0.1, 0.15) is 11.6 Å². The van der Waals surface area contributed by atoms with Gasteiger partial charge in [-0.3, -0.25) is 9.78 Å². The van der Waals surface area contributed by atoms with E-state index >= 15 is 0 Å². The molecule has 0 spiro atoms. The monoisotopic (exact) mass is 353 g/mol. The number of amides is 1. The molecule has 0 bridgehead atoms. The minimum atomic E-state index is -0.832. The highest BCUT2D eigenvalue weighted by atomic mass is 35.5. The van der Waals surface area contributed by atoms with E-state index in [-0.39, 0.29) is 29.6 Å². The van der Waals surface area contributed by atoms with Gasteiger partial charge in [-0.2, -0.15) is 0 Å². The molecule has 0 aliphatic carbocycles. The van der Waals surface area contributed by atoms with Crippen molar-refractivity contribution in [3.05, 3.63) is 65.0 Å². The fourth-order valence-corrected chi connectivity index (χ4v) is 2.79. The van der Waals surface area contributed by atoms with Crippen LogP contribution in [0.25, 0.3) is 0 Å². The molecule has 1 unspecified atom stereocenters. The predicted octanol–water partition coefficient (Wildman–Crippen LogP) is 2.88. The Hall–Kier alpha value is -2.05. The van der Waals surface area contributed by atoms with Crippen molar-refractivity contribution in [1.82, 2.24) is 15.2 Å². The lowest BCUT2D eigenvalue weighted by Gasteiger charge is -2.36. The van der Waals surface area contributed by atoms with Crippen molar-refractivity contribution >= 4 is 18.3 Å². The Labute approximate surface area is 145 Å². The molecule has 7 heteroatoms. The highest BCUT2D eigenvalue weighted by molar-refractivity contribution is 5.95. The maximum Gasteiger partial charge on any atom is 0.257 e. The van der Waals surface area contributed by atoms with E-state index in [1.54, 1.807) is 23.4 Å². The van der Waals surface area contributed by atoms with Crippen LogP contribution >= 0.6 is 12.4 Å². The van der Waals surface area contributed by atoms with Gasteiger partial charge in [0.05, 0.1) is 11.6 Å². The number of aryl methyl sites for hydroxylation is 1. The molecule has 1 atom stereocenters. The number of benzene rings is 1. The topological polar surface area (TPSA) is 45.2 Å². The molecule has 2 heterocycles. The van der Waals surface area contributed by atoms with Crippen LogP contribution in [0.15, 0.2) is 36.7 Å². The fourth-order valence-electron chi connectivity index (χ4n) is 2.79. The summed E-state index contributed by atoms with van der Waals surface area (Å²) in [5.74, 6) is -1.91. The summed E-state index contributed by atoms with van der Waals surface area (Å²) in [6, 6.07) is 5.50. The van der Waals surface area contributed by atoms with Gasteiger partial charge in [0.2, 0.25) is 0 Å². The lowest BCUT2D eigenvalue weighted by atomic mass is 10.0. The molecule has 1 aliphatic rings. The van der Waals surface area contributed by atoms with Crippen LogP contribution in [-0.4, -0.2) is 35.4 Å². The number of carbonyl (C=O) groups excluding carboxylic acids is 1. The Morgan fingerprint density at radius 3 is 2.83 bits per heavy atom. The zero-order valence-electron chi connectivity index (χ0n) is 13.1. The van der Waals surface area contributed by atoms with Gasteiger partial charge in [0.25, 0.3) is 5.91 Å². The summed E-state index contributed by atoms with van der Waals surface area (Å²) in [5.41, 5.74) is 1.04. The van der Waals surface area contributed by atoms with Crippen molar-refractivity contribution in [3.63, 3.8) is 0 Å². The van der Waals surface area contributed by atoms with Gasteiger partial charge in [0, 0.05) is 38.1 Å². The molecule has 128 valence electrons. The number of nitrogens with one attached hydrogen (secondary N) is 1. The normalized spacial score (nSPS) is 17.3. The SMILES string of the molecule is Cc1cc(C(=O)N2CCNCC2c2cccnc2)c(F)cc1F.Cl. The first-order valence-corrected chi connectivity index (χ1v) is 7.45. The Morgan fingerprint density at radius 2 is 2.12 bits per heavy atom. The fraction of sp³-hybridized carbons (Fsp3) is 0.294. The number of nitrogens with zero attached hydrogens (tertiary/aromatic N) is 2. The van der Waals surface area contributed by atoms with Gasteiger partial charge < -0.3 is 10.2 Å². The van der Waals surface area contributed by atoms with Crippen molar-refractivity contribution in [1.29, 1.82) is 0 Å². The van der Waals surface area contributed by atoms with Gasteiger partial charge in [-0.1, -0.05) is 6.07 Å². The lowest BCUT2D eigenvalue weighted by Crippen LogP contribution is -2.48. The zero-order valence-corrected chi connectivity index (χ0v) is 13.9. The average Bonchev–Trinajstić information content (AvgIpc) is 2.58. The summed E-state index contributed by atoms with van der Waals surface area (Å²) in [6.07, 6.45) is 3.36. The number of pyridine rings is 1. The van der Waals surface area contributed by atoms with Crippen LogP contribution in [0.1, 0.15) is 27.5 Å². The van der Waals surface area contributed by atoms with Crippen LogP contribution in [0.2, 0.25) is 0 Å². The zero-order chi connectivity index (χ0) is 16.4. The molecule has 2 aromatic rings. The number of rotatable bonds is 2. The standard InChI is InChI=1S/C17H17F2N3O.ClH/c1-11-7-13(15(19)8-14(11)18)17(23)22-6-5-21-10-16(22)12-3-2-4-20-9-12;/h2-4,7-9,16,21H,5-6,10H2,1H3;1H. The second-order valence-electron chi connectivity index (χ2n) is 5.59. The van der Waals surface area contributed by atoms with Crippen molar-refractivity contribution in [3.8, 4) is 0 Å². The molecule has 24 heavy (non-hydrogen) atoms. The molecule has 1 amide bonds. The first kappa shape index (κ1) is 18.3. The Balaban J connectivity index is 0.00000208. The van der Waals surface area contributed by atoms with Gasteiger partial charge >= 0.3 is 0 Å². The van der Waals surface area contributed by atoms with E-state index in [9.17, 15) is 13.6 Å². The average molecular weight is 354 g/mol. The summed E-state index contributed by atoms with van der Waals surface area (Å²) in [6.45, 7) is 3.17. The van der Waals surface area contributed by atoms with Crippen molar-refractivity contribution in [2.75, 3.05) is 19.6 Å². The van der Waals surface area contributed by atoms with Gasteiger partial charge in [-0.05, 0) is 30.2 Å². The molecule has 1 N–H and O–H groups in total. The minimum Gasteiger partial charge on any atom is -0.329 e. The van der Waals surface area contributed by atoms with Crippen molar-refractivity contribution < 1.29 is 13.6 Å². The first-order valence-electron chi connectivity index (χ1n) is 7.45. The maximum absolute atomic E-state index is 14.0. The molecule has 1 aromatic heterocycles. The van der Waals surface area contributed by atoms with Gasteiger partial charge in [-0.25, -0.2) is 8.78 Å². The quantitative estimate of drug-likeness (QED) is 0.903. The summed E-state index contributed by atoms with van der Waals surface area (Å²) in [4.78, 5) is 18.5. The highest BCUT2D eigenvalue weighted by Gasteiger charge is 2.30. The third-order valence-corrected chi connectivity index (χ3v) is 4.05. The second-order valence-corrected chi connectivity index (χ2v) is 5.59. The maximum atomic E-state index is 14.0. The summed E-state index contributed by atoms with van der Waals surface area (Å²) >= 11 is 0. The third-order valence-electron chi connectivity index (χ3n) is 4.05. The van der Waals surface area contributed by atoms with E-state index in [4.69, 9.17) is 0 Å². The Morgan fingerprint density at radius 1 is 1.33 bits per heavy atom. The van der Waals surface area contributed by atoms with Crippen LogP contribution in [0.5, 0.6) is 0 Å². The van der Waals surface area contributed by atoms with E-state index < -0.39 is 17.5 Å². The van der Waals surface area contributed by atoms with Crippen LogP contribution in [0.3, 0.4) is 0 Å². The van der Waals surface area contributed by atoms with Crippen molar-refractivity contribution in [2.45, 2.75) is 13.0 Å². The number of aromatic nitrogens is 1. The Kier molecular flexibility index (Phi) is 5.85. The summed E-state index contributed by atoms with van der Waals surface area (Å²) < 4.78 is 27.5. The minimum absolute atomic E-state index is 0. The number of hydrogen-bond acceptors (Lipinski definition) is 3. The predicted molar refractivity (Wildman–Crippen MR) is 89.2 cm³/mol. The molecule has 0 radical (unpaired) electrons. The van der Waals surface area contributed by atoms with E-state index in [0.29, 0.717) is 19.6 Å². The molecular formula is C17H18ClF2N3O. The van der Waals surface area contributed by atoms with Crippen LogP contribution < -0.4 is 5.32 Å². The van der Waals surface area contributed by atoms with E-state index in [1.807, 2.05) is 6.07 Å². The van der Waals surface area contributed by atoms with E-state index in [2.05, 4.69) is 10.3 Å². The van der Waals surface area contributed by atoms with Crippen LogP contribution in [0, 0.1) is 18.6 Å². The van der Waals surface area contributed by atoms with Crippen LogP contribution in [0.4, 0.5) is 8.78 Å². The smallest absolute Gasteiger partial charge is 0.257 e. The van der Waals surface area contributed by atoms with Crippen molar-refractivity contribution in [2.24, 2.45) is 0 Å². The molecule has 1 saturated heterocycles. The number of halogens is 3. The summed E-state index contributed by atoms with van der Waals surface area (Å²) in [5, 5.41) is 3.23. The van der Waals surface area contributed by atoms with E-state index in [0.717, 1.165) is 11.6 Å². The lowest BCUT2D eigenvalue weighted by molar-refractivity contribution is 0.0629. The number of carbonyl (C=O) groups is 1. The third kappa shape index (κ3) is 3.55. The molecule has 0 saturated carbocycles. The van der Waals surface area contributed by atoms with Crippen LogP contribution in [-0.2, 0) is 0 Å². The molecular weight excluding hydrogens is 336 g/mol. The van der Waals surface area contributed by atoms with E-state index in [1.165, 1.54) is 13.0 Å². The second kappa shape index (κ2) is 7.68. The van der Waals surface area contributed by atoms with Gasteiger partial charge in [0.15, 0.2) is 0 Å².